The molecule has 0 aliphatic carbocycles. The van der Waals surface area contributed by atoms with Gasteiger partial charge in [0.2, 0.25) is 0 Å². The van der Waals surface area contributed by atoms with E-state index in [1.165, 1.54) is 47.3 Å². The first-order valence-corrected chi connectivity index (χ1v) is 9.86. The summed E-state index contributed by atoms with van der Waals surface area (Å²) < 4.78 is 0. The Kier molecular flexibility index (Phi) is 5.26. The van der Waals surface area contributed by atoms with E-state index in [2.05, 4.69) is 103 Å². The minimum Gasteiger partial charge on any atom is -0.370 e. The van der Waals surface area contributed by atoms with Crippen LogP contribution < -0.4 is 4.90 Å². The van der Waals surface area contributed by atoms with Gasteiger partial charge in [-0.15, -0.1) is 0 Å². The molecule has 0 spiro atoms. The zero-order valence-corrected chi connectivity index (χ0v) is 16.3. The fourth-order valence-corrected chi connectivity index (χ4v) is 4.08. The topological polar surface area (TPSA) is 6.48 Å². The average Bonchev–Trinajstić information content (AvgIpc) is 3.15. The lowest BCUT2D eigenvalue weighted by molar-refractivity contribution is 0.317. The number of benzene rings is 3. The van der Waals surface area contributed by atoms with E-state index in [9.17, 15) is 0 Å². The van der Waals surface area contributed by atoms with Gasteiger partial charge in [0.05, 0.1) is 0 Å². The molecule has 3 aromatic rings. The summed E-state index contributed by atoms with van der Waals surface area (Å²) in [5, 5.41) is 0. The van der Waals surface area contributed by atoms with E-state index in [0.29, 0.717) is 6.04 Å². The highest BCUT2D eigenvalue weighted by molar-refractivity contribution is 5.64. The van der Waals surface area contributed by atoms with Gasteiger partial charge in [0, 0.05) is 25.3 Å². The van der Waals surface area contributed by atoms with Crippen LogP contribution in [0.5, 0.6) is 0 Å². The van der Waals surface area contributed by atoms with Gasteiger partial charge in [0.15, 0.2) is 0 Å². The molecule has 27 heavy (non-hydrogen) atoms. The number of anilines is 1. The van der Waals surface area contributed by atoms with Gasteiger partial charge in [-0.05, 0) is 60.8 Å². The van der Waals surface area contributed by atoms with Crippen molar-refractivity contribution in [2.45, 2.75) is 25.4 Å². The molecule has 1 heterocycles. The van der Waals surface area contributed by atoms with Gasteiger partial charge in [-0.1, -0.05) is 66.7 Å². The van der Waals surface area contributed by atoms with Crippen LogP contribution in [0.15, 0.2) is 78.9 Å². The van der Waals surface area contributed by atoms with Gasteiger partial charge >= 0.3 is 0 Å². The summed E-state index contributed by atoms with van der Waals surface area (Å²) in [5.41, 5.74) is 6.60. The number of para-hydroxylation sites is 1. The number of hydrogen-bond donors (Lipinski definition) is 0. The molecule has 1 saturated heterocycles. The third kappa shape index (κ3) is 4.06. The molecule has 0 amide bonds. The summed E-state index contributed by atoms with van der Waals surface area (Å²) in [6.07, 6.45) is 2.58. The van der Waals surface area contributed by atoms with Gasteiger partial charge < -0.3 is 4.90 Å². The molecule has 3 aromatic carbocycles. The Balaban J connectivity index is 1.44. The van der Waals surface area contributed by atoms with Crippen molar-refractivity contribution in [1.29, 1.82) is 0 Å². The maximum atomic E-state index is 2.47. The van der Waals surface area contributed by atoms with E-state index in [4.69, 9.17) is 0 Å². The molecule has 0 N–H and O–H groups in total. The minimum absolute atomic E-state index is 0.593. The van der Waals surface area contributed by atoms with Gasteiger partial charge in [-0.25, -0.2) is 0 Å². The number of rotatable bonds is 5. The van der Waals surface area contributed by atoms with Crippen LogP contribution in [0.3, 0.4) is 0 Å². The molecule has 1 aliphatic rings. The Bertz CT molecular complexity index is 853. The van der Waals surface area contributed by atoms with Crippen molar-refractivity contribution in [1.82, 2.24) is 4.90 Å². The first kappa shape index (κ1) is 17.8. The predicted octanol–water partition coefficient (Wildman–Crippen LogP) is 5.76. The first-order valence-electron chi connectivity index (χ1n) is 9.86. The highest BCUT2D eigenvalue weighted by Crippen LogP contribution is 2.31. The molecule has 138 valence electrons. The van der Waals surface area contributed by atoms with Crippen LogP contribution in [-0.4, -0.2) is 25.5 Å². The summed E-state index contributed by atoms with van der Waals surface area (Å²) in [5.74, 6) is 0. The molecule has 0 radical (unpaired) electrons. The van der Waals surface area contributed by atoms with Crippen molar-refractivity contribution in [2.24, 2.45) is 0 Å². The lowest BCUT2D eigenvalue weighted by atomic mass is 9.99. The SMILES string of the molecule is CN(Cc1ccc(-c2ccc(C3CCCN3C)cc2)cc1)c1ccccc1. The molecule has 4 rings (SSSR count). The van der Waals surface area contributed by atoms with Crippen molar-refractivity contribution >= 4 is 5.69 Å². The van der Waals surface area contributed by atoms with Crippen molar-refractivity contribution in [3.8, 4) is 11.1 Å². The Labute approximate surface area is 163 Å². The smallest absolute Gasteiger partial charge is 0.0426 e. The summed E-state index contributed by atoms with van der Waals surface area (Å²) in [6.45, 7) is 2.13. The quantitative estimate of drug-likeness (QED) is 0.574. The summed E-state index contributed by atoms with van der Waals surface area (Å²) in [4.78, 5) is 4.74. The van der Waals surface area contributed by atoms with E-state index >= 15 is 0 Å². The number of hydrogen-bond acceptors (Lipinski definition) is 2. The summed E-state index contributed by atoms with van der Waals surface area (Å²) >= 11 is 0. The monoisotopic (exact) mass is 356 g/mol. The van der Waals surface area contributed by atoms with Gasteiger partial charge in [-0.2, -0.15) is 0 Å². The van der Waals surface area contributed by atoms with E-state index < -0.39 is 0 Å². The van der Waals surface area contributed by atoms with Crippen molar-refractivity contribution < 1.29 is 0 Å². The Morgan fingerprint density at radius 3 is 2.07 bits per heavy atom. The van der Waals surface area contributed by atoms with E-state index in [0.717, 1.165) is 6.54 Å². The largest absolute Gasteiger partial charge is 0.370 e. The molecular formula is C25H28N2. The molecule has 2 nitrogen and oxygen atoms in total. The Morgan fingerprint density at radius 1 is 0.852 bits per heavy atom. The molecule has 0 aromatic heterocycles. The zero-order chi connectivity index (χ0) is 18.6. The summed E-state index contributed by atoms with van der Waals surface area (Å²) in [7, 11) is 4.37. The highest BCUT2D eigenvalue weighted by Gasteiger charge is 2.22. The number of nitrogens with zero attached hydrogens (tertiary/aromatic N) is 2. The Hall–Kier alpha value is -2.58. The zero-order valence-electron chi connectivity index (χ0n) is 16.3. The highest BCUT2D eigenvalue weighted by atomic mass is 15.1. The lowest BCUT2D eigenvalue weighted by Gasteiger charge is -2.20. The third-order valence-corrected chi connectivity index (χ3v) is 5.72. The van der Waals surface area contributed by atoms with Crippen molar-refractivity contribution in [3.63, 3.8) is 0 Å². The predicted molar refractivity (Wildman–Crippen MR) is 115 cm³/mol. The van der Waals surface area contributed by atoms with Crippen LogP contribution in [0.4, 0.5) is 5.69 Å². The van der Waals surface area contributed by atoms with Gasteiger partial charge in [-0.3, -0.25) is 4.90 Å². The molecule has 0 saturated carbocycles. The molecule has 2 heteroatoms. The van der Waals surface area contributed by atoms with E-state index in [-0.39, 0.29) is 0 Å². The van der Waals surface area contributed by atoms with Crippen LogP contribution in [0.2, 0.25) is 0 Å². The fourth-order valence-electron chi connectivity index (χ4n) is 4.08. The summed E-state index contributed by atoms with van der Waals surface area (Å²) in [6, 6.07) is 29.2. The third-order valence-electron chi connectivity index (χ3n) is 5.72. The normalized spacial score (nSPS) is 17.2. The number of likely N-dealkylation sites (tertiary alicyclic amines) is 1. The molecular weight excluding hydrogens is 328 g/mol. The first-order chi connectivity index (χ1) is 13.2. The van der Waals surface area contributed by atoms with Gasteiger partial charge in [0.1, 0.15) is 0 Å². The molecule has 1 atom stereocenters. The van der Waals surface area contributed by atoms with Crippen LogP contribution in [0.25, 0.3) is 11.1 Å². The molecule has 1 unspecified atom stereocenters. The van der Waals surface area contributed by atoms with Crippen molar-refractivity contribution in [3.05, 3.63) is 90.0 Å². The van der Waals surface area contributed by atoms with Gasteiger partial charge in [0.25, 0.3) is 0 Å². The maximum Gasteiger partial charge on any atom is 0.0426 e. The second-order valence-corrected chi connectivity index (χ2v) is 7.65. The minimum atomic E-state index is 0.593. The maximum absolute atomic E-state index is 2.47. The van der Waals surface area contributed by atoms with Crippen LogP contribution in [0.1, 0.15) is 30.0 Å². The Morgan fingerprint density at radius 2 is 1.48 bits per heavy atom. The van der Waals surface area contributed by atoms with Crippen LogP contribution >= 0.6 is 0 Å². The van der Waals surface area contributed by atoms with E-state index in [1.807, 2.05) is 0 Å². The van der Waals surface area contributed by atoms with Crippen LogP contribution in [-0.2, 0) is 6.54 Å². The molecule has 1 aliphatic heterocycles. The second kappa shape index (κ2) is 7.98. The molecule has 1 fully saturated rings. The fraction of sp³-hybridized carbons (Fsp3) is 0.280. The average molecular weight is 357 g/mol. The molecule has 0 bridgehead atoms. The van der Waals surface area contributed by atoms with Crippen molar-refractivity contribution in [2.75, 3.05) is 25.5 Å². The second-order valence-electron chi connectivity index (χ2n) is 7.65. The lowest BCUT2D eigenvalue weighted by Crippen LogP contribution is -2.17. The van der Waals surface area contributed by atoms with Crippen LogP contribution in [0, 0.1) is 0 Å². The van der Waals surface area contributed by atoms with E-state index in [1.54, 1.807) is 0 Å². The standard InChI is InChI=1S/C25H28N2/c1-26-18-6-9-25(26)23-16-14-22(15-17-23)21-12-10-20(11-13-21)19-27(2)24-7-4-3-5-8-24/h3-5,7-8,10-17,25H,6,9,18-19H2,1-2H3.